The highest BCUT2D eigenvalue weighted by molar-refractivity contribution is 6.18. The number of aliphatic hydroxyl groups is 1. The second kappa shape index (κ2) is 9.70. The molecule has 4 rings (SSSR count). The number of nitrogens with zero attached hydrogens (tertiary/aromatic N) is 3. The van der Waals surface area contributed by atoms with Crippen molar-refractivity contribution >= 4 is 17.3 Å². The lowest BCUT2D eigenvalue weighted by molar-refractivity contribution is 0.189. The molecule has 0 saturated carbocycles. The van der Waals surface area contributed by atoms with Gasteiger partial charge in [-0.15, -0.1) is 11.6 Å². The Kier molecular flexibility index (Phi) is 6.75. The van der Waals surface area contributed by atoms with Crippen molar-refractivity contribution in [3.05, 3.63) is 58.9 Å². The monoisotopic (exact) mass is 452 g/mol. The summed E-state index contributed by atoms with van der Waals surface area (Å²) >= 11 is 5.71. The van der Waals surface area contributed by atoms with Gasteiger partial charge in [0.15, 0.2) is 0 Å². The molecule has 0 aliphatic heterocycles. The molecule has 0 fully saturated rings. The van der Waals surface area contributed by atoms with Crippen molar-refractivity contribution < 1.29 is 14.4 Å². The molecule has 0 spiro atoms. The van der Waals surface area contributed by atoms with Crippen LogP contribution in [0, 0.1) is 6.57 Å². The molecule has 166 valence electrons. The standard InChI is InChI=1S/C24H25ClN4O3/c1-14(2)31-22-10-7-15(11-21(22)26-3)24-28-23(29-32-24)19-6-4-5-18-17(19)8-9-20(18)27-13-16(30)12-25/h4-7,10-11,14,16,20,27,30H,8-9,12-13H2,1-2H3/t16?,20-/m0/s1. The molecule has 1 unspecified atom stereocenters. The lowest BCUT2D eigenvalue weighted by Crippen LogP contribution is -2.30. The molecule has 1 heterocycles. The summed E-state index contributed by atoms with van der Waals surface area (Å²) in [5.74, 6) is 1.62. The Morgan fingerprint density at radius 2 is 2.19 bits per heavy atom. The van der Waals surface area contributed by atoms with Gasteiger partial charge in [-0.2, -0.15) is 4.98 Å². The maximum atomic E-state index is 9.75. The molecule has 7 nitrogen and oxygen atoms in total. The van der Waals surface area contributed by atoms with Crippen molar-refractivity contribution in [1.82, 2.24) is 15.5 Å². The summed E-state index contributed by atoms with van der Waals surface area (Å²) in [4.78, 5) is 8.18. The highest BCUT2D eigenvalue weighted by atomic mass is 35.5. The third-order valence-electron chi connectivity index (χ3n) is 5.40. The van der Waals surface area contributed by atoms with E-state index in [1.807, 2.05) is 32.0 Å². The van der Waals surface area contributed by atoms with E-state index in [9.17, 15) is 5.11 Å². The summed E-state index contributed by atoms with van der Waals surface area (Å²) in [5.41, 5.74) is 4.38. The van der Waals surface area contributed by atoms with Gasteiger partial charge in [0.2, 0.25) is 11.5 Å². The topological polar surface area (TPSA) is 84.8 Å². The van der Waals surface area contributed by atoms with Crippen LogP contribution in [0.5, 0.6) is 5.75 Å². The molecule has 0 saturated heterocycles. The zero-order valence-electron chi connectivity index (χ0n) is 18.0. The maximum Gasteiger partial charge on any atom is 0.256 e. The van der Waals surface area contributed by atoms with E-state index in [2.05, 4.69) is 26.4 Å². The molecule has 1 aliphatic carbocycles. The van der Waals surface area contributed by atoms with Crippen molar-refractivity contribution in [2.24, 2.45) is 0 Å². The Morgan fingerprint density at radius 1 is 1.34 bits per heavy atom. The predicted molar refractivity (Wildman–Crippen MR) is 123 cm³/mol. The largest absolute Gasteiger partial charge is 0.502 e. The number of halogens is 1. The minimum atomic E-state index is -0.568. The van der Waals surface area contributed by atoms with E-state index in [0.29, 0.717) is 35.3 Å². The molecule has 32 heavy (non-hydrogen) atoms. The molecule has 0 amide bonds. The number of rotatable bonds is 8. The van der Waals surface area contributed by atoms with Crippen molar-refractivity contribution in [1.29, 1.82) is 0 Å². The Hall–Kier alpha value is -2.92. The lowest BCUT2D eigenvalue weighted by Gasteiger charge is -2.16. The summed E-state index contributed by atoms with van der Waals surface area (Å²) in [7, 11) is 0. The molecule has 1 aliphatic rings. The highest BCUT2D eigenvalue weighted by Gasteiger charge is 2.26. The van der Waals surface area contributed by atoms with Crippen molar-refractivity contribution in [3.63, 3.8) is 0 Å². The Balaban J connectivity index is 1.59. The highest BCUT2D eigenvalue weighted by Crippen LogP contribution is 2.38. The van der Waals surface area contributed by atoms with E-state index in [0.717, 1.165) is 18.4 Å². The molecule has 0 bridgehead atoms. The Labute approximate surface area is 192 Å². The maximum absolute atomic E-state index is 9.75. The first-order valence-corrected chi connectivity index (χ1v) is 11.2. The number of fused-ring (bicyclic) bond motifs is 1. The Bertz CT molecular complexity index is 1140. The first kappa shape index (κ1) is 22.3. The van der Waals surface area contributed by atoms with Gasteiger partial charge in [0.1, 0.15) is 5.75 Å². The van der Waals surface area contributed by atoms with Gasteiger partial charge in [0, 0.05) is 29.6 Å². The van der Waals surface area contributed by atoms with Crippen LogP contribution in [0.3, 0.4) is 0 Å². The van der Waals surface area contributed by atoms with Crippen LogP contribution in [0.2, 0.25) is 0 Å². The minimum absolute atomic E-state index is 0.0203. The van der Waals surface area contributed by atoms with E-state index in [4.69, 9.17) is 27.4 Å². The van der Waals surface area contributed by atoms with E-state index >= 15 is 0 Å². The molecule has 2 atom stereocenters. The van der Waals surface area contributed by atoms with Crippen molar-refractivity contribution in [3.8, 4) is 28.6 Å². The van der Waals surface area contributed by atoms with E-state index < -0.39 is 6.10 Å². The van der Waals surface area contributed by atoms with E-state index in [-0.39, 0.29) is 18.0 Å². The number of hydrogen-bond donors (Lipinski definition) is 2. The molecular weight excluding hydrogens is 428 g/mol. The summed E-state index contributed by atoms with van der Waals surface area (Å²) in [5, 5.41) is 17.4. The first-order valence-electron chi connectivity index (χ1n) is 10.6. The molecule has 2 aromatic carbocycles. The lowest BCUT2D eigenvalue weighted by atomic mass is 10.0. The number of hydrogen-bond acceptors (Lipinski definition) is 6. The number of nitrogens with one attached hydrogen (secondary N) is 1. The molecule has 3 aromatic rings. The van der Waals surface area contributed by atoms with Gasteiger partial charge in [0.25, 0.3) is 5.89 Å². The minimum Gasteiger partial charge on any atom is -0.502 e. The fraction of sp³-hybridized carbons (Fsp3) is 0.375. The average Bonchev–Trinajstić information content (AvgIpc) is 3.44. The van der Waals surface area contributed by atoms with Gasteiger partial charge in [0.05, 0.1) is 18.8 Å². The van der Waals surface area contributed by atoms with Crippen LogP contribution < -0.4 is 10.1 Å². The van der Waals surface area contributed by atoms with Crippen LogP contribution >= 0.6 is 11.6 Å². The van der Waals surface area contributed by atoms with Gasteiger partial charge >= 0.3 is 0 Å². The normalized spacial score (nSPS) is 16.1. The molecule has 0 radical (unpaired) electrons. The smallest absolute Gasteiger partial charge is 0.256 e. The van der Waals surface area contributed by atoms with Crippen LogP contribution in [-0.4, -0.2) is 39.9 Å². The third kappa shape index (κ3) is 4.63. The van der Waals surface area contributed by atoms with Crippen LogP contribution in [-0.2, 0) is 6.42 Å². The average molecular weight is 453 g/mol. The number of aromatic nitrogens is 2. The van der Waals surface area contributed by atoms with Crippen molar-refractivity contribution in [2.45, 2.75) is 44.9 Å². The van der Waals surface area contributed by atoms with E-state index in [1.54, 1.807) is 12.1 Å². The molecule has 2 N–H and O–H groups in total. The summed E-state index contributed by atoms with van der Waals surface area (Å²) in [6.45, 7) is 11.7. The first-order chi connectivity index (χ1) is 15.5. The predicted octanol–water partition coefficient (Wildman–Crippen LogP) is 4.92. The number of ether oxygens (including phenoxy) is 1. The van der Waals surface area contributed by atoms with Gasteiger partial charge in [-0.1, -0.05) is 23.4 Å². The molecular formula is C24H25ClN4O3. The van der Waals surface area contributed by atoms with Crippen molar-refractivity contribution in [2.75, 3.05) is 12.4 Å². The summed E-state index contributed by atoms with van der Waals surface area (Å²) in [6, 6.07) is 11.5. The second-order valence-electron chi connectivity index (χ2n) is 8.07. The van der Waals surface area contributed by atoms with Gasteiger partial charge < -0.3 is 19.7 Å². The quantitative estimate of drug-likeness (QED) is 0.373. The van der Waals surface area contributed by atoms with Gasteiger partial charge in [-0.25, -0.2) is 4.85 Å². The van der Waals surface area contributed by atoms with Gasteiger partial charge in [-0.05, 0) is 56.0 Å². The summed E-state index contributed by atoms with van der Waals surface area (Å²) < 4.78 is 11.2. The van der Waals surface area contributed by atoms with E-state index in [1.165, 1.54) is 11.1 Å². The zero-order valence-corrected chi connectivity index (χ0v) is 18.8. The number of aliphatic hydroxyl groups excluding tert-OH is 1. The number of alkyl halides is 1. The summed E-state index contributed by atoms with van der Waals surface area (Å²) in [6.07, 6.45) is 1.22. The fourth-order valence-corrected chi connectivity index (χ4v) is 4.06. The molecule has 8 heteroatoms. The SMILES string of the molecule is [C-]#[N+]c1cc(-c2nc(-c3cccc4c3CC[C@@H]4NCC(O)CCl)no2)ccc1OC(C)C. The van der Waals surface area contributed by atoms with Crippen LogP contribution in [0.15, 0.2) is 40.9 Å². The third-order valence-corrected chi connectivity index (χ3v) is 5.76. The number of benzene rings is 2. The second-order valence-corrected chi connectivity index (χ2v) is 8.37. The van der Waals surface area contributed by atoms with Crippen LogP contribution in [0.25, 0.3) is 27.7 Å². The van der Waals surface area contributed by atoms with Crippen LogP contribution in [0.4, 0.5) is 5.69 Å². The van der Waals surface area contributed by atoms with Gasteiger partial charge in [-0.3, -0.25) is 0 Å². The zero-order chi connectivity index (χ0) is 22.7. The molecule has 1 aromatic heterocycles. The Morgan fingerprint density at radius 3 is 2.94 bits per heavy atom. The van der Waals surface area contributed by atoms with Crippen LogP contribution in [0.1, 0.15) is 37.4 Å². The fourth-order valence-electron chi connectivity index (χ4n) is 3.95.